The van der Waals surface area contributed by atoms with Crippen molar-refractivity contribution in [2.45, 2.75) is 44.4 Å². The number of carbonyl (C=O) groups excluding carboxylic acids is 1. The second-order valence-electron chi connectivity index (χ2n) is 7.63. The van der Waals surface area contributed by atoms with Crippen LogP contribution < -0.4 is 4.72 Å². The van der Waals surface area contributed by atoms with Crippen LogP contribution in [-0.4, -0.2) is 38.3 Å². The fourth-order valence-electron chi connectivity index (χ4n) is 3.91. The van der Waals surface area contributed by atoms with E-state index in [0.29, 0.717) is 22.0 Å². The van der Waals surface area contributed by atoms with Gasteiger partial charge in [-0.15, -0.1) is 0 Å². The highest BCUT2D eigenvalue weighted by molar-refractivity contribution is 7.89. The van der Waals surface area contributed by atoms with Gasteiger partial charge in [0.1, 0.15) is 11.7 Å². The summed E-state index contributed by atoms with van der Waals surface area (Å²) in [5.74, 6) is -0.824. The van der Waals surface area contributed by atoms with Crippen LogP contribution in [0.25, 0.3) is 10.9 Å². The standard InChI is InChI=1S/C22H23F3N2O4S/c1-13-9-14(2)20(15(3)10-13)32(29,30)26-19(22(23,24)25)12-27-17-8-6-5-7-16(17)11-18(27)21(28)31-4/h5-11,19,26H,12H2,1-4H3. The summed E-state index contributed by atoms with van der Waals surface area (Å²) in [7, 11) is -3.39. The lowest BCUT2D eigenvalue weighted by atomic mass is 10.1. The zero-order valence-corrected chi connectivity index (χ0v) is 18.8. The minimum absolute atomic E-state index is 0.107. The van der Waals surface area contributed by atoms with Gasteiger partial charge in [-0.2, -0.15) is 17.9 Å². The molecule has 1 unspecified atom stereocenters. The molecule has 0 bridgehead atoms. The summed E-state index contributed by atoms with van der Waals surface area (Å²) in [6, 6.07) is 8.62. The lowest BCUT2D eigenvalue weighted by Gasteiger charge is -2.24. The zero-order valence-electron chi connectivity index (χ0n) is 17.9. The zero-order chi connectivity index (χ0) is 23.8. The molecule has 0 radical (unpaired) electrons. The summed E-state index contributed by atoms with van der Waals surface area (Å²) in [4.78, 5) is 12.0. The van der Waals surface area contributed by atoms with Crippen molar-refractivity contribution < 1.29 is 31.1 Å². The van der Waals surface area contributed by atoms with Crippen molar-refractivity contribution in [3.63, 3.8) is 0 Å². The third kappa shape index (κ3) is 4.66. The number of methoxy groups -OCH3 is 1. The number of fused-ring (bicyclic) bond motifs is 1. The van der Waals surface area contributed by atoms with E-state index in [4.69, 9.17) is 4.74 Å². The number of benzene rings is 2. The highest BCUT2D eigenvalue weighted by Crippen LogP contribution is 2.29. The molecular formula is C22H23F3N2O4S. The molecule has 0 aliphatic rings. The Morgan fingerprint density at radius 1 is 1.09 bits per heavy atom. The molecule has 0 fully saturated rings. The Balaban J connectivity index is 2.08. The number of nitrogens with zero attached hydrogens (tertiary/aromatic N) is 1. The van der Waals surface area contributed by atoms with Crippen LogP contribution in [0, 0.1) is 20.8 Å². The number of hydrogen-bond acceptors (Lipinski definition) is 4. The van der Waals surface area contributed by atoms with Gasteiger partial charge in [0.05, 0.1) is 12.0 Å². The number of aromatic nitrogens is 1. The molecule has 1 atom stereocenters. The van der Waals surface area contributed by atoms with Crippen molar-refractivity contribution in [1.29, 1.82) is 0 Å². The number of para-hydroxylation sites is 1. The third-order valence-corrected chi connectivity index (χ3v) is 6.91. The average molecular weight is 468 g/mol. The number of hydrogen-bond donors (Lipinski definition) is 1. The summed E-state index contributed by atoms with van der Waals surface area (Å²) >= 11 is 0. The molecule has 0 aliphatic heterocycles. The molecule has 0 amide bonds. The van der Waals surface area contributed by atoms with Gasteiger partial charge < -0.3 is 9.30 Å². The van der Waals surface area contributed by atoms with Crippen LogP contribution in [0.1, 0.15) is 27.2 Å². The van der Waals surface area contributed by atoms with Crippen molar-refractivity contribution in [3.05, 3.63) is 64.8 Å². The number of aryl methyl sites for hydroxylation is 3. The molecule has 6 nitrogen and oxygen atoms in total. The number of ether oxygens (including phenoxy) is 1. The van der Waals surface area contributed by atoms with E-state index in [-0.39, 0.29) is 10.6 Å². The predicted octanol–water partition coefficient (Wildman–Crippen LogP) is 4.26. The molecule has 0 aliphatic carbocycles. The molecule has 1 aromatic heterocycles. The summed E-state index contributed by atoms with van der Waals surface area (Å²) < 4.78 is 75.6. The van der Waals surface area contributed by atoms with Crippen molar-refractivity contribution in [3.8, 4) is 0 Å². The van der Waals surface area contributed by atoms with E-state index < -0.39 is 34.8 Å². The van der Waals surface area contributed by atoms with Gasteiger partial charge in [0.2, 0.25) is 10.0 Å². The van der Waals surface area contributed by atoms with Gasteiger partial charge in [0.15, 0.2) is 0 Å². The Morgan fingerprint density at radius 2 is 1.69 bits per heavy atom. The summed E-state index contributed by atoms with van der Waals surface area (Å²) in [5.41, 5.74) is 1.73. The first-order chi connectivity index (χ1) is 14.8. The van der Waals surface area contributed by atoms with Crippen LogP contribution in [0.2, 0.25) is 0 Å². The van der Waals surface area contributed by atoms with E-state index >= 15 is 0 Å². The SMILES string of the molecule is COC(=O)c1cc2ccccc2n1CC(NS(=O)(=O)c1c(C)cc(C)cc1C)C(F)(F)F. The Morgan fingerprint density at radius 3 is 2.25 bits per heavy atom. The van der Waals surface area contributed by atoms with E-state index in [1.54, 1.807) is 43.3 Å². The van der Waals surface area contributed by atoms with Crippen molar-refractivity contribution >= 4 is 26.9 Å². The van der Waals surface area contributed by atoms with Crippen LogP contribution >= 0.6 is 0 Å². The first kappa shape index (κ1) is 23.8. The molecular weight excluding hydrogens is 445 g/mol. The van der Waals surface area contributed by atoms with Crippen molar-refractivity contribution in [2.24, 2.45) is 0 Å². The van der Waals surface area contributed by atoms with Crippen molar-refractivity contribution in [1.82, 2.24) is 9.29 Å². The molecule has 32 heavy (non-hydrogen) atoms. The summed E-state index contributed by atoms with van der Waals surface area (Å²) in [6.07, 6.45) is -4.92. The molecule has 2 aromatic carbocycles. The Hall–Kier alpha value is -2.85. The Labute approximate surface area is 184 Å². The molecule has 1 N–H and O–H groups in total. The molecule has 0 saturated heterocycles. The van der Waals surface area contributed by atoms with Gasteiger partial charge in [-0.25, -0.2) is 13.2 Å². The number of rotatable bonds is 6. The number of carbonyl (C=O) groups is 1. The molecule has 10 heteroatoms. The van der Waals surface area contributed by atoms with E-state index in [1.165, 1.54) is 19.9 Å². The average Bonchev–Trinajstić information content (AvgIpc) is 3.03. The van der Waals surface area contributed by atoms with Gasteiger partial charge in [0, 0.05) is 17.4 Å². The molecule has 3 aromatic rings. The van der Waals surface area contributed by atoms with Crippen LogP contribution in [0.15, 0.2) is 47.4 Å². The largest absolute Gasteiger partial charge is 0.464 e. The minimum atomic E-state index is -4.92. The third-order valence-electron chi connectivity index (χ3n) is 5.14. The van der Waals surface area contributed by atoms with Gasteiger partial charge >= 0.3 is 12.1 Å². The number of alkyl halides is 3. The van der Waals surface area contributed by atoms with E-state index in [2.05, 4.69) is 0 Å². The maximum absolute atomic E-state index is 14.0. The van der Waals surface area contributed by atoms with Crippen LogP contribution in [0.4, 0.5) is 13.2 Å². The quantitative estimate of drug-likeness (QED) is 0.549. The van der Waals surface area contributed by atoms with E-state index in [1.807, 2.05) is 4.72 Å². The molecule has 0 spiro atoms. The second-order valence-corrected chi connectivity index (χ2v) is 9.28. The molecule has 3 rings (SSSR count). The van der Waals surface area contributed by atoms with E-state index in [9.17, 15) is 26.4 Å². The monoisotopic (exact) mass is 468 g/mol. The van der Waals surface area contributed by atoms with Gasteiger partial charge in [0.25, 0.3) is 0 Å². The normalized spacial score (nSPS) is 13.3. The number of halogens is 3. The molecule has 1 heterocycles. The van der Waals surface area contributed by atoms with Crippen LogP contribution in [0.5, 0.6) is 0 Å². The first-order valence-corrected chi connectivity index (χ1v) is 11.2. The minimum Gasteiger partial charge on any atom is -0.464 e. The predicted molar refractivity (Wildman–Crippen MR) is 114 cm³/mol. The first-order valence-electron chi connectivity index (χ1n) is 9.68. The number of nitrogens with one attached hydrogen (secondary N) is 1. The molecule has 0 saturated carbocycles. The number of sulfonamides is 1. The van der Waals surface area contributed by atoms with Crippen LogP contribution in [0.3, 0.4) is 0 Å². The highest BCUT2D eigenvalue weighted by atomic mass is 32.2. The Bertz CT molecular complexity index is 1260. The summed E-state index contributed by atoms with van der Waals surface area (Å²) in [6.45, 7) is 4.00. The van der Waals surface area contributed by atoms with Gasteiger partial charge in [-0.3, -0.25) is 0 Å². The van der Waals surface area contributed by atoms with Crippen LogP contribution in [-0.2, 0) is 21.3 Å². The maximum atomic E-state index is 14.0. The van der Waals surface area contributed by atoms with Gasteiger partial charge in [-0.1, -0.05) is 35.9 Å². The fraction of sp³-hybridized carbons (Fsp3) is 0.318. The lowest BCUT2D eigenvalue weighted by molar-refractivity contribution is -0.154. The molecule has 172 valence electrons. The fourth-order valence-corrected chi connectivity index (χ4v) is 5.57. The highest BCUT2D eigenvalue weighted by Gasteiger charge is 2.43. The van der Waals surface area contributed by atoms with Gasteiger partial charge in [-0.05, 0) is 44.0 Å². The number of esters is 1. The topological polar surface area (TPSA) is 77.4 Å². The lowest BCUT2D eigenvalue weighted by Crippen LogP contribution is -2.48. The Kier molecular flexibility index (Phi) is 6.39. The second kappa shape index (κ2) is 8.59. The van der Waals surface area contributed by atoms with Crippen molar-refractivity contribution in [2.75, 3.05) is 7.11 Å². The summed E-state index contributed by atoms with van der Waals surface area (Å²) in [5, 5.41) is 0.530. The smallest absolute Gasteiger partial charge is 0.406 e. The van der Waals surface area contributed by atoms with E-state index in [0.717, 1.165) is 17.2 Å². The maximum Gasteiger partial charge on any atom is 0.406 e.